The van der Waals surface area contributed by atoms with Gasteiger partial charge in [-0.2, -0.15) is 0 Å². The molecule has 0 amide bonds. The van der Waals surface area contributed by atoms with Gasteiger partial charge in [0.15, 0.2) is 0 Å². The van der Waals surface area contributed by atoms with E-state index in [0.29, 0.717) is 16.9 Å². The van der Waals surface area contributed by atoms with Gasteiger partial charge in [-0.1, -0.05) is 20.8 Å². The maximum absolute atomic E-state index is 6.09. The fraction of sp³-hybridized carbons (Fsp3) is 1.00. The first-order valence-electron chi connectivity index (χ1n) is 5.19. The zero-order chi connectivity index (χ0) is 8.98. The molecule has 2 rings (SSSR count). The molecule has 70 valence electrons. The lowest BCUT2D eigenvalue weighted by Gasteiger charge is -2.39. The molecule has 2 saturated carbocycles. The highest BCUT2D eigenvalue weighted by Crippen LogP contribution is 2.64. The molecule has 2 N–H and O–H groups in total. The summed E-state index contributed by atoms with van der Waals surface area (Å²) < 4.78 is 0. The van der Waals surface area contributed by atoms with Crippen LogP contribution >= 0.6 is 0 Å². The van der Waals surface area contributed by atoms with Crippen LogP contribution in [0.25, 0.3) is 0 Å². The maximum atomic E-state index is 6.09. The van der Waals surface area contributed by atoms with Gasteiger partial charge in [0, 0.05) is 6.04 Å². The predicted octanol–water partition coefficient (Wildman–Crippen LogP) is 2.55. The fourth-order valence-electron chi connectivity index (χ4n) is 3.48. The Bertz CT molecular complexity index is 197. The van der Waals surface area contributed by atoms with E-state index in [1.54, 1.807) is 0 Å². The van der Waals surface area contributed by atoms with E-state index in [1.165, 1.54) is 25.7 Å². The van der Waals surface area contributed by atoms with E-state index in [0.717, 1.165) is 5.92 Å². The molecule has 2 aliphatic carbocycles. The van der Waals surface area contributed by atoms with Gasteiger partial charge in [-0.3, -0.25) is 0 Å². The average molecular weight is 167 g/mol. The largest absolute Gasteiger partial charge is 0.328 e. The van der Waals surface area contributed by atoms with E-state index in [1.807, 2.05) is 0 Å². The molecule has 0 radical (unpaired) electrons. The van der Waals surface area contributed by atoms with Crippen molar-refractivity contribution in [2.24, 2.45) is 22.5 Å². The van der Waals surface area contributed by atoms with Crippen molar-refractivity contribution >= 4 is 0 Å². The molecule has 0 aliphatic heterocycles. The third kappa shape index (κ3) is 1.28. The van der Waals surface area contributed by atoms with Crippen LogP contribution in [0.5, 0.6) is 0 Å². The SMILES string of the molecule is CC1CC12CC(N)CC(C)(C)C2. The van der Waals surface area contributed by atoms with Crippen molar-refractivity contribution in [3.8, 4) is 0 Å². The monoisotopic (exact) mass is 167 g/mol. The fourth-order valence-corrected chi connectivity index (χ4v) is 3.48. The van der Waals surface area contributed by atoms with Crippen LogP contribution in [0.3, 0.4) is 0 Å². The molecule has 0 saturated heterocycles. The van der Waals surface area contributed by atoms with Crippen LogP contribution in [0.1, 0.15) is 46.5 Å². The van der Waals surface area contributed by atoms with Gasteiger partial charge >= 0.3 is 0 Å². The highest BCUT2D eigenvalue weighted by molar-refractivity contribution is 5.07. The van der Waals surface area contributed by atoms with Crippen LogP contribution in [-0.2, 0) is 0 Å². The van der Waals surface area contributed by atoms with E-state index in [2.05, 4.69) is 20.8 Å². The number of rotatable bonds is 0. The smallest absolute Gasteiger partial charge is 0.00493 e. The Morgan fingerprint density at radius 1 is 1.17 bits per heavy atom. The van der Waals surface area contributed by atoms with Crippen LogP contribution in [-0.4, -0.2) is 6.04 Å². The minimum absolute atomic E-state index is 0.471. The minimum Gasteiger partial charge on any atom is -0.328 e. The van der Waals surface area contributed by atoms with Gasteiger partial charge in [-0.05, 0) is 42.4 Å². The highest BCUT2D eigenvalue weighted by atomic mass is 14.7. The van der Waals surface area contributed by atoms with Crippen molar-refractivity contribution in [1.29, 1.82) is 0 Å². The third-order valence-electron chi connectivity index (χ3n) is 3.91. The van der Waals surface area contributed by atoms with Gasteiger partial charge in [0.1, 0.15) is 0 Å². The van der Waals surface area contributed by atoms with Crippen molar-refractivity contribution in [2.45, 2.75) is 52.5 Å². The molecule has 2 aliphatic rings. The second-order valence-electron chi connectivity index (χ2n) is 5.98. The molecule has 1 spiro atoms. The lowest BCUT2D eigenvalue weighted by molar-refractivity contribution is 0.135. The topological polar surface area (TPSA) is 26.0 Å². The van der Waals surface area contributed by atoms with Crippen LogP contribution in [0, 0.1) is 16.7 Å². The second-order valence-corrected chi connectivity index (χ2v) is 5.98. The van der Waals surface area contributed by atoms with Gasteiger partial charge in [0.2, 0.25) is 0 Å². The summed E-state index contributed by atoms with van der Waals surface area (Å²) in [5.41, 5.74) is 7.26. The Balaban J connectivity index is 2.11. The zero-order valence-electron chi connectivity index (χ0n) is 8.56. The maximum Gasteiger partial charge on any atom is 0.00493 e. The van der Waals surface area contributed by atoms with Gasteiger partial charge in [0.25, 0.3) is 0 Å². The molecule has 12 heavy (non-hydrogen) atoms. The first-order chi connectivity index (χ1) is 5.44. The summed E-state index contributed by atoms with van der Waals surface area (Å²) in [6.45, 7) is 7.13. The van der Waals surface area contributed by atoms with Gasteiger partial charge in [-0.15, -0.1) is 0 Å². The van der Waals surface area contributed by atoms with Crippen LogP contribution < -0.4 is 5.73 Å². The van der Waals surface area contributed by atoms with Crippen molar-refractivity contribution in [3.63, 3.8) is 0 Å². The lowest BCUT2D eigenvalue weighted by atomic mass is 9.68. The Kier molecular flexibility index (Phi) is 1.61. The summed E-state index contributed by atoms with van der Waals surface area (Å²) in [7, 11) is 0. The standard InChI is InChI=1S/C11H21N/c1-8-4-11(8)6-9(12)5-10(2,3)7-11/h8-9H,4-7,12H2,1-3H3. The Hall–Kier alpha value is -0.0400. The molecule has 0 aromatic rings. The van der Waals surface area contributed by atoms with E-state index in [9.17, 15) is 0 Å². The molecule has 3 unspecified atom stereocenters. The lowest BCUT2D eigenvalue weighted by Crippen LogP contribution is -2.38. The summed E-state index contributed by atoms with van der Waals surface area (Å²) in [5, 5.41) is 0. The first-order valence-corrected chi connectivity index (χ1v) is 5.19. The Morgan fingerprint density at radius 2 is 1.75 bits per heavy atom. The van der Waals surface area contributed by atoms with Crippen LogP contribution in [0.15, 0.2) is 0 Å². The molecule has 0 heterocycles. The van der Waals surface area contributed by atoms with E-state index < -0.39 is 0 Å². The average Bonchev–Trinajstić information content (AvgIpc) is 2.33. The molecule has 1 nitrogen and oxygen atoms in total. The summed E-state index contributed by atoms with van der Waals surface area (Å²) in [6.07, 6.45) is 5.36. The second kappa shape index (κ2) is 2.25. The van der Waals surface area contributed by atoms with Crippen molar-refractivity contribution in [3.05, 3.63) is 0 Å². The van der Waals surface area contributed by atoms with Crippen LogP contribution in [0.2, 0.25) is 0 Å². The predicted molar refractivity (Wildman–Crippen MR) is 51.8 cm³/mol. The van der Waals surface area contributed by atoms with E-state index >= 15 is 0 Å². The molecular weight excluding hydrogens is 146 g/mol. The molecule has 0 aromatic heterocycles. The van der Waals surface area contributed by atoms with E-state index in [-0.39, 0.29) is 0 Å². The number of nitrogens with two attached hydrogens (primary N) is 1. The number of hydrogen-bond donors (Lipinski definition) is 1. The van der Waals surface area contributed by atoms with Crippen molar-refractivity contribution < 1.29 is 0 Å². The normalized spacial score (nSPS) is 51.0. The molecule has 0 bridgehead atoms. The molecule has 2 fully saturated rings. The number of hydrogen-bond acceptors (Lipinski definition) is 1. The first kappa shape index (κ1) is 8.55. The Labute approximate surface area is 75.7 Å². The quantitative estimate of drug-likeness (QED) is 0.589. The molecular formula is C11H21N. The summed E-state index contributed by atoms with van der Waals surface area (Å²) >= 11 is 0. The van der Waals surface area contributed by atoms with E-state index in [4.69, 9.17) is 5.73 Å². The molecule has 3 atom stereocenters. The summed E-state index contributed by atoms with van der Waals surface area (Å²) in [4.78, 5) is 0. The van der Waals surface area contributed by atoms with Gasteiger partial charge in [0.05, 0.1) is 0 Å². The van der Waals surface area contributed by atoms with Crippen LogP contribution in [0.4, 0.5) is 0 Å². The zero-order valence-corrected chi connectivity index (χ0v) is 8.56. The molecule has 0 aromatic carbocycles. The third-order valence-corrected chi connectivity index (χ3v) is 3.91. The molecule has 1 heteroatoms. The Morgan fingerprint density at radius 3 is 2.17 bits per heavy atom. The van der Waals surface area contributed by atoms with Gasteiger partial charge < -0.3 is 5.73 Å². The van der Waals surface area contributed by atoms with Gasteiger partial charge in [-0.25, -0.2) is 0 Å². The summed E-state index contributed by atoms with van der Waals surface area (Å²) in [6, 6.07) is 0.471. The summed E-state index contributed by atoms with van der Waals surface area (Å²) in [5.74, 6) is 0.947. The minimum atomic E-state index is 0.471. The van der Waals surface area contributed by atoms with Crippen molar-refractivity contribution in [1.82, 2.24) is 0 Å². The van der Waals surface area contributed by atoms with Crippen molar-refractivity contribution in [2.75, 3.05) is 0 Å². The highest BCUT2D eigenvalue weighted by Gasteiger charge is 2.56.